The van der Waals surface area contributed by atoms with Crippen molar-refractivity contribution in [3.05, 3.63) is 29.3 Å². The van der Waals surface area contributed by atoms with Crippen LogP contribution in [0.15, 0.2) is 18.2 Å². The van der Waals surface area contributed by atoms with E-state index in [-0.39, 0.29) is 31.3 Å². The summed E-state index contributed by atoms with van der Waals surface area (Å²) in [7, 11) is 0. The number of hydrogen-bond donors (Lipinski definition) is 2. The number of nitrogens with zero attached hydrogens (tertiary/aromatic N) is 2. The van der Waals surface area contributed by atoms with Crippen LogP contribution in [-0.2, 0) is 14.4 Å². The first-order valence-electron chi connectivity index (χ1n) is 10.4. The van der Waals surface area contributed by atoms with Crippen molar-refractivity contribution >= 4 is 23.5 Å². The van der Waals surface area contributed by atoms with Gasteiger partial charge >= 0.3 is 5.97 Å². The van der Waals surface area contributed by atoms with Crippen LogP contribution in [0.25, 0.3) is 0 Å². The van der Waals surface area contributed by atoms with Crippen molar-refractivity contribution in [1.82, 2.24) is 9.80 Å². The van der Waals surface area contributed by atoms with Gasteiger partial charge in [-0.1, -0.05) is 25.1 Å². The van der Waals surface area contributed by atoms with Crippen LogP contribution in [0.5, 0.6) is 0 Å². The number of para-hydroxylation sites is 1. The largest absolute Gasteiger partial charge is 0.481 e. The van der Waals surface area contributed by atoms with E-state index in [0.717, 1.165) is 36.1 Å². The van der Waals surface area contributed by atoms with Crippen molar-refractivity contribution in [2.45, 2.75) is 58.9 Å². The third kappa shape index (κ3) is 7.49. The predicted molar refractivity (Wildman–Crippen MR) is 113 cm³/mol. The normalized spacial score (nSPS) is 13.4. The molecule has 7 nitrogen and oxygen atoms in total. The summed E-state index contributed by atoms with van der Waals surface area (Å²) in [6.45, 7) is 7.47. The number of benzene rings is 1. The molecule has 1 aromatic rings. The van der Waals surface area contributed by atoms with Crippen molar-refractivity contribution in [2.75, 3.05) is 31.5 Å². The van der Waals surface area contributed by atoms with Crippen LogP contribution in [0.1, 0.15) is 50.2 Å². The lowest BCUT2D eigenvalue weighted by atomic mass is 10.1. The van der Waals surface area contributed by atoms with Gasteiger partial charge in [-0.3, -0.25) is 19.3 Å². The molecule has 0 spiro atoms. The first kappa shape index (κ1) is 22.9. The van der Waals surface area contributed by atoms with E-state index in [4.69, 9.17) is 5.11 Å². The van der Waals surface area contributed by atoms with E-state index >= 15 is 0 Å². The summed E-state index contributed by atoms with van der Waals surface area (Å²) in [6.07, 6.45) is 3.13. The van der Waals surface area contributed by atoms with Gasteiger partial charge in [0.15, 0.2) is 0 Å². The number of carbonyl (C=O) groups is 3. The number of aryl methyl sites for hydroxylation is 2. The zero-order valence-corrected chi connectivity index (χ0v) is 17.7. The van der Waals surface area contributed by atoms with Crippen molar-refractivity contribution in [3.63, 3.8) is 0 Å². The molecule has 0 bridgehead atoms. The van der Waals surface area contributed by atoms with E-state index < -0.39 is 5.97 Å². The van der Waals surface area contributed by atoms with Crippen molar-refractivity contribution in [1.29, 1.82) is 0 Å². The molecule has 29 heavy (non-hydrogen) atoms. The fourth-order valence-electron chi connectivity index (χ4n) is 3.46. The minimum atomic E-state index is -0.901. The molecule has 2 rings (SSSR count). The second kappa shape index (κ2) is 11.0. The maximum Gasteiger partial charge on any atom is 0.305 e. The van der Waals surface area contributed by atoms with Crippen molar-refractivity contribution in [3.8, 4) is 0 Å². The average molecular weight is 404 g/mol. The Hall–Kier alpha value is -2.41. The van der Waals surface area contributed by atoms with Gasteiger partial charge in [0.2, 0.25) is 11.8 Å². The van der Waals surface area contributed by atoms with Crippen LogP contribution in [-0.4, -0.2) is 64.9 Å². The standard InChI is InChI=1S/C22H33N3O4/c1-4-12-24(14-11-21(28)29)20(27)10-13-25(18-8-9-18)15-19(26)23-22-16(2)6-5-7-17(22)3/h5-7,18H,4,8-15H2,1-3H3,(H,23,26)(H,28,29). The molecule has 160 valence electrons. The molecule has 1 fully saturated rings. The fourth-order valence-corrected chi connectivity index (χ4v) is 3.46. The Morgan fingerprint density at radius 2 is 1.72 bits per heavy atom. The van der Waals surface area contributed by atoms with Gasteiger partial charge in [-0.15, -0.1) is 0 Å². The summed E-state index contributed by atoms with van der Waals surface area (Å²) in [4.78, 5) is 39.7. The van der Waals surface area contributed by atoms with Gasteiger partial charge in [-0.2, -0.15) is 0 Å². The second-order valence-corrected chi connectivity index (χ2v) is 7.79. The van der Waals surface area contributed by atoms with Crippen LogP contribution in [0.3, 0.4) is 0 Å². The molecule has 1 aromatic carbocycles. The Labute approximate surface area is 173 Å². The molecule has 0 aromatic heterocycles. The number of hydrogen-bond acceptors (Lipinski definition) is 4. The number of rotatable bonds is 12. The van der Waals surface area contributed by atoms with Gasteiger partial charge < -0.3 is 15.3 Å². The smallest absolute Gasteiger partial charge is 0.305 e. The Kier molecular flexibility index (Phi) is 8.64. The molecule has 2 amide bonds. The van der Waals surface area contributed by atoms with Crippen LogP contribution >= 0.6 is 0 Å². The fraction of sp³-hybridized carbons (Fsp3) is 0.591. The van der Waals surface area contributed by atoms with Crippen LogP contribution in [0.4, 0.5) is 5.69 Å². The summed E-state index contributed by atoms with van der Waals surface area (Å²) < 4.78 is 0. The zero-order chi connectivity index (χ0) is 21.4. The van der Waals surface area contributed by atoms with Gasteiger partial charge in [-0.05, 0) is 44.2 Å². The monoisotopic (exact) mass is 403 g/mol. The maximum absolute atomic E-state index is 12.6. The average Bonchev–Trinajstić information content (AvgIpc) is 3.50. The Morgan fingerprint density at radius 1 is 1.07 bits per heavy atom. The molecule has 1 aliphatic carbocycles. The second-order valence-electron chi connectivity index (χ2n) is 7.79. The molecular formula is C22H33N3O4. The summed E-state index contributed by atoms with van der Waals surface area (Å²) >= 11 is 0. The highest BCUT2D eigenvalue weighted by Gasteiger charge is 2.31. The number of carboxylic acid groups (broad SMARTS) is 1. The van der Waals surface area contributed by atoms with Crippen molar-refractivity contribution in [2.24, 2.45) is 0 Å². The number of carbonyl (C=O) groups excluding carboxylic acids is 2. The third-order valence-corrected chi connectivity index (χ3v) is 5.21. The highest BCUT2D eigenvalue weighted by Crippen LogP contribution is 2.27. The minimum Gasteiger partial charge on any atom is -0.481 e. The van der Waals surface area contributed by atoms with Gasteiger partial charge in [0.05, 0.1) is 13.0 Å². The van der Waals surface area contributed by atoms with E-state index in [1.54, 1.807) is 4.90 Å². The highest BCUT2D eigenvalue weighted by molar-refractivity contribution is 5.93. The molecule has 0 unspecified atom stereocenters. The SMILES string of the molecule is CCCN(CCC(=O)O)C(=O)CCN(CC(=O)Nc1c(C)cccc1C)C1CC1. The number of amides is 2. The molecule has 1 saturated carbocycles. The van der Waals surface area contributed by atoms with Gasteiger partial charge in [-0.25, -0.2) is 0 Å². The molecule has 7 heteroatoms. The quantitative estimate of drug-likeness (QED) is 0.560. The number of aliphatic carboxylic acids is 1. The predicted octanol–water partition coefficient (Wildman–Crippen LogP) is 2.81. The molecule has 0 heterocycles. The van der Waals surface area contributed by atoms with Gasteiger partial charge in [0.25, 0.3) is 0 Å². The van der Waals surface area contributed by atoms with Gasteiger partial charge in [0.1, 0.15) is 0 Å². The lowest BCUT2D eigenvalue weighted by molar-refractivity contribution is -0.138. The summed E-state index contributed by atoms with van der Waals surface area (Å²) in [5, 5.41) is 11.9. The van der Waals surface area contributed by atoms with Gasteiger partial charge in [0, 0.05) is 37.8 Å². The number of anilines is 1. The summed E-state index contributed by atoms with van der Waals surface area (Å²) in [5.74, 6) is -1.02. The number of carboxylic acids is 1. The Balaban J connectivity index is 1.90. The third-order valence-electron chi connectivity index (χ3n) is 5.21. The Bertz CT molecular complexity index is 711. The molecular weight excluding hydrogens is 370 g/mol. The Morgan fingerprint density at radius 3 is 2.28 bits per heavy atom. The van der Waals surface area contributed by atoms with E-state index in [1.165, 1.54) is 0 Å². The maximum atomic E-state index is 12.6. The zero-order valence-electron chi connectivity index (χ0n) is 17.7. The lowest BCUT2D eigenvalue weighted by Crippen LogP contribution is -2.39. The topological polar surface area (TPSA) is 90.0 Å². The summed E-state index contributed by atoms with van der Waals surface area (Å²) in [6, 6.07) is 6.26. The van der Waals surface area contributed by atoms with E-state index in [1.807, 2.05) is 39.0 Å². The van der Waals surface area contributed by atoms with E-state index in [0.29, 0.717) is 25.6 Å². The van der Waals surface area contributed by atoms with Crippen molar-refractivity contribution < 1.29 is 19.5 Å². The minimum absolute atomic E-state index is 0.0454. The first-order valence-corrected chi connectivity index (χ1v) is 10.4. The van der Waals surface area contributed by atoms with Crippen LogP contribution in [0, 0.1) is 13.8 Å². The number of nitrogens with one attached hydrogen (secondary N) is 1. The first-order chi connectivity index (χ1) is 13.8. The molecule has 0 radical (unpaired) electrons. The summed E-state index contributed by atoms with van der Waals surface area (Å²) in [5.41, 5.74) is 2.91. The highest BCUT2D eigenvalue weighted by atomic mass is 16.4. The van der Waals surface area contributed by atoms with Crippen LogP contribution in [0.2, 0.25) is 0 Å². The molecule has 1 aliphatic rings. The van der Waals surface area contributed by atoms with Crippen LogP contribution < -0.4 is 5.32 Å². The molecule has 2 N–H and O–H groups in total. The molecule has 0 saturated heterocycles. The van der Waals surface area contributed by atoms with E-state index in [2.05, 4.69) is 10.2 Å². The lowest BCUT2D eigenvalue weighted by Gasteiger charge is -2.25. The molecule has 0 atom stereocenters. The molecule has 0 aliphatic heterocycles. The van der Waals surface area contributed by atoms with E-state index in [9.17, 15) is 14.4 Å².